The first kappa shape index (κ1) is 18.6. The highest BCUT2D eigenvalue weighted by Crippen LogP contribution is 2.25. The Bertz CT molecular complexity index is 1230. The number of hydrogen-bond donors (Lipinski definition) is 1. The Morgan fingerprint density at radius 3 is 2.72 bits per heavy atom. The number of hydrogen-bond acceptors (Lipinski definition) is 5. The van der Waals surface area contributed by atoms with Gasteiger partial charge in [-0.2, -0.15) is 0 Å². The third-order valence-electron chi connectivity index (χ3n) is 4.41. The third kappa shape index (κ3) is 4.24. The molecule has 7 heteroatoms. The van der Waals surface area contributed by atoms with Gasteiger partial charge in [0.2, 0.25) is 0 Å². The van der Waals surface area contributed by atoms with Crippen LogP contribution in [0.15, 0.2) is 69.9 Å². The van der Waals surface area contributed by atoms with Gasteiger partial charge in [0.1, 0.15) is 29.8 Å². The van der Waals surface area contributed by atoms with Crippen molar-refractivity contribution in [1.29, 1.82) is 0 Å². The maximum atomic E-state index is 13.8. The molecule has 0 bridgehead atoms. The molecule has 0 saturated carbocycles. The van der Waals surface area contributed by atoms with Gasteiger partial charge in [-0.3, -0.25) is 9.59 Å². The average molecular weight is 392 g/mol. The van der Waals surface area contributed by atoms with Crippen LogP contribution in [-0.2, 0) is 22.6 Å². The number of rotatable bonds is 6. The van der Waals surface area contributed by atoms with E-state index in [0.717, 1.165) is 0 Å². The number of ether oxygens (including phenoxy) is 1. The Labute approximate surface area is 165 Å². The van der Waals surface area contributed by atoms with Gasteiger partial charge in [0.05, 0.1) is 22.9 Å². The normalized spacial score (nSPS) is 10.9. The fourth-order valence-electron chi connectivity index (χ4n) is 2.97. The summed E-state index contributed by atoms with van der Waals surface area (Å²) in [5.74, 6) is 0.415. The summed E-state index contributed by atoms with van der Waals surface area (Å²) in [6, 6.07) is 16.6. The number of para-hydroxylation sites is 1. The van der Waals surface area contributed by atoms with Crippen molar-refractivity contribution < 1.29 is 18.3 Å². The van der Waals surface area contributed by atoms with Gasteiger partial charge in [0, 0.05) is 6.42 Å². The van der Waals surface area contributed by atoms with Gasteiger partial charge < -0.3 is 14.1 Å². The summed E-state index contributed by atoms with van der Waals surface area (Å²) in [5.41, 5.74) is 0.629. The first-order valence-electron chi connectivity index (χ1n) is 9.07. The second kappa shape index (κ2) is 8.10. The molecule has 1 N–H and O–H groups in total. The Kier molecular flexibility index (Phi) is 5.20. The fraction of sp³-hybridized carbons (Fsp3) is 0.136. The molecule has 0 saturated heterocycles. The zero-order valence-corrected chi connectivity index (χ0v) is 15.4. The van der Waals surface area contributed by atoms with Crippen LogP contribution in [0.3, 0.4) is 0 Å². The van der Waals surface area contributed by atoms with Crippen molar-refractivity contribution in [2.45, 2.75) is 19.4 Å². The maximum Gasteiger partial charge on any atom is 0.306 e. The largest absolute Gasteiger partial charge is 0.461 e. The third-order valence-corrected chi connectivity index (χ3v) is 4.41. The zero-order valence-electron chi connectivity index (χ0n) is 15.4. The number of carbonyl (C=O) groups is 1. The molecule has 0 aliphatic heterocycles. The molecule has 0 unspecified atom stereocenters. The Morgan fingerprint density at radius 2 is 1.86 bits per heavy atom. The molecule has 6 nitrogen and oxygen atoms in total. The monoisotopic (exact) mass is 392 g/mol. The van der Waals surface area contributed by atoms with E-state index in [-0.39, 0.29) is 30.2 Å². The fourth-order valence-corrected chi connectivity index (χ4v) is 2.97. The smallest absolute Gasteiger partial charge is 0.306 e. The van der Waals surface area contributed by atoms with Crippen molar-refractivity contribution in [2.75, 3.05) is 0 Å². The molecule has 29 heavy (non-hydrogen) atoms. The molecule has 0 aliphatic carbocycles. The van der Waals surface area contributed by atoms with Gasteiger partial charge >= 0.3 is 5.97 Å². The molecule has 0 radical (unpaired) electrons. The van der Waals surface area contributed by atoms with Crippen LogP contribution in [-0.4, -0.2) is 15.9 Å². The Hall–Kier alpha value is -3.74. The number of aromatic amines is 1. The molecule has 0 fully saturated rings. The summed E-state index contributed by atoms with van der Waals surface area (Å²) in [6.07, 6.45) is 0.400. The molecule has 0 amide bonds. The van der Waals surface area contributed by atoms with Gasteiger partial charge in [0.25, 0.3) is 5.56 Å². The van der Waals surface area contributed by atoms with Gasteiger partial charge in [-0.1, -0.05) is 24.3 Å². The van der Waals surface area contributed by atoms with Crippen LogP contribution in [0.4, 0.5) is 4.39 Å². The number of H-pyrrole nitrogens is 1. The van der Waals surface area contributed by atoms with E-state index >= 15 is 0 Å². The Balaban J connectivity index is 1.34. The van der Waals surface area contributed by atoms with Crippen LogP contribution >= 0.6 is 0 Å². The van der Waals surface area contributed by atoms with Crippen molar-refractivity contribution in [2.24, 2.45) is 0 Å². The molecule has 146 valence electrons. The number of nitrogens with one attached hydrogen (secondary N) is 1. The molecule has 2 aromatic carbocycles. The molecular formula is C22H17FN2O4. The second-order valence-corrected chi connectivity index (χ2v) is 6.44. The lowest BCUT2D eigenvalue weighted by molar-refractivity contribution is -0.145. The molecule has 0 aliphatic rings. The average Bonchev–Trinajstić information content (AvgIpc) is 3.20. The SMILES string of the molecule is O=C(CCc1ccc(-c2ccccc2F)o1)OCc1nc2ccccc2c(=O)[nH]1. The highest BCUT2D eigenvalue weighted by molar-refractivity contribution is 5.77. The van der Waals surface area contributed by atoms with E-state index in [0.29, 0.717) is 34.4 Å². The van der Waals surface area contributed by atoms with E-state index in [1.165, 1.54) is 6.07 Å². The van der Waals surface area contributed by atoms with Crippen molar-refractivity contribution in [3.63, 3.8) is 0 Å². The van der Waals surface area contributed by atoms with Gasteiger partial charge in [0.15, 0.2) is 0 Å². The zero-order chi connectivity index (χ0) is 20.2. The van der Waals surface area contributed by atoms with Crippen LogP contribution in [0.25, 0.3) is 22.2 Å². The predicted molar refractivity (Wildman–Crippen MR) is 105 cm³/mol. The van der Waals surface area contributed by atoms with Gasteiger partial charge in [-0.05, 0) is 36.4 Å². The van der Waals surface area contributed by atoms with Crippen molar-refractivity contribution in [1.82, 2.24) is 9.97 Å². The minimum Gasteiger partial charge on any atom is -0.461 e. The van der Waals surface area contributed by atoms with E-state index < -0.39 is 5.97 Å². The van der Waals surface area contributed by atoms with E-state index in [2.05, 4.69) is 9.97 Å². The number of furan rings is 1. The number of esters is 1. The molecule has 0 spiro atoms. The standard InChI is InChI=1S/C22H17FN2O4/c23-17-7-3-1-5-15(17)19-11-9-14(29-19)10-12-21(26)28-13-20-24-18-8-4-2-6-16(18)22(27)25-20/h1-9,11H,10,12-13H2,(H,24,25,27). The number of aromatic nitrogens is 2. The topological polar surface area (TPSA) is 85.2 Å². The minimum atomic E-state index is -0.454. The molecule has 2 aromatic heterocycles. The lowest BCUT2D eigenvalue weighted by Gasteiger charge is -2.05. The number of benzene rings is 2. The number of carbonyl (C=O) groups excluding carboxylic acids is 1. The van der Waals surface area contributed by atoms with E-state index in [9.17, 15) is 14.0 Å². The van der Waals surface area contributed by atoms with Gasteiger partial charge in [-0.25, -0.2) is 9.37 Å². The lowest BCUT2D eigenvalue weighted by Crippen LogP contribution is -2.14. The number of halogens is 1. The lowest BCUT2D eigenvalue weighted by atomic mass is 10.1. The van der Waals surface area contributed by atoms with Crippen LogP contribution in [0.2, 0.25) is 0 Å². The van der Waals surface area contributed by atoms with Crippen LogP contribution < -0.4 is 5.56 Å². The summed E-state index contributed by atoms with van der Waals surface area (Å²) in [6.45, 7) is -0.127. The van der Waals surface area contributed by atoms with Crippen molar-refractivity contribution >= 4 is 16.9 Å². The first-order chi connectivity index (χ1) is 14.1. The predicted octanol–water partition coefficient (Wildman–Crippen LogP) is 4.00. The summed E-state index contributed by atoms with van der Waals surface area (Å²) >= 11 is 0. The first-order valence-corrected chi connectivity index (χ1v) is 9.07. The van der Waals surface area contributed by atoms with E-state index in [1.807, 2.05) is 0 Å². The summed E-state index contributed by atoms with van der Waals surface area (Å²) in [5, 5.41) is 0.478. The van der Waals surface area contributed by atoms with Crippen LogP contribution in [0.1, 0.15) is 18.0 Å². The summed E-state index contributed by atoms with van der Waals surface area (Å²) < 4.78 is 24.6. The molecule has 0 atom stereocenters. The quantitative estimate of drug-likeness (QED) is 0.502. The molecule has 4 rings (SSSR count). The number of fused-ring (bicyclic) bond motifs is 1. The number of nitrogens with zero attached hydrogens (tertiary/aromatic N) is 1. The van der Waals surface area contributed by atoms with Crippen molar-refractivity contribution in [3.8, 4) is 11.3 Å². The Morgan fingerprint density at radius 1 is 1.07 bits per heavy atom. The molecule has 2 heterocycles. The second-order valence-electron chi connectivity index (χ2n) is 6.44. The van der Waals surface area contributed by atoms with E-state index in [4.69, 9.17) is 9.15 Å². The molecule has 4 aromatic rings. The maximum absolute atomic E-state index is 13.8. The highest BCUT2D eigenvalue weighted by Gasteiger charge is 2.12. The molecular weight excluding hydrogens is 375 g/mol. The summed E-state index contributed by atoms with van der Waals surface area (Å²) in [7, 11) is 0. The number of aryl methyl sites for hydroxylation is 1. The highest BCUT2D eigenvalue weighted by atomic mass is 19.1. The van der Waals surface area contributed by atoms with Crippen LogP contribution in [0, 0.1) is 5.82 Å². The van der Waals surface area contributed by atoms with Crippen molar-refractivity contribution in [3.05, 3.63) is 88.4 Å². The van der Waals surface area contributed by atoms with E-state index in [1.54, 1.807) is 54.6 Å². The minimum absolute atomic E-state index is 0.0854. The van der Waals surface area contributed by atoms with Crippen LogP contribution in [0.5, 0.6) is 0 Å². The van der Waals surface area contributed by atoms with Gasteiger partial charge in [-0.15, -0.1) is 0 Å². The summed E-state index contributed by atoms with van der Waals surface area (Å²) in [4.78, 5) is 30.9.